The van der Waals surface area contributed by atoms with Crippen LogP contribution in [0.25, 0.3) is 22.8 Å². The summed E-state index contributed by atoms with van der Waals surface area (Å²) in [6.07, 6.45) is 3.69. The molecular weight excluding hydrogens is 396 g/mol. The van der Waals surface area contributed by atoms with Gasteiger partial charge in [-0.1, -0.05) is 67.6 Å². The quantitative estimate of drug-likeness (QED) is 0.494. The van der Waals surface area contributed by atoms with Crippen LogP contribution in [0.4, 0.5) is 0 Å². The lowest BCUT2D eigenvalue weighted by atomic mass is 10.1. The summed E-state index contributed by atoms with van der Waals surface area (Å²) in [4.78, 5) is 8.83. The van der Waals surface area contributed by atoms with E-state index in [0.717, 1.165) is 28.5 Å². The van der Waals surface area contributed by atoms with Gasteiger partial charge in [-0.25, -0.2) is 9.97 Å². The summed E-state index contributed by atoms with van der Waals surface area (Å²) in [6.45, 7) is 4.64. The Balaban J connectivity index is 0.000000181. The van der Waals surface area contributed by atoms with Gasteiger partial charge >= 0.3 is 0 Å². The number of nitriles is 1. The van der Waals surface area contributed by atoms with Gasteiger partial charge in [-0.05, 0) is 6.92 Å². The van der Waals surface area contributed by atoms with Gasteiger partial charge in [-0.2, -0.15) is 5.26 Å². The van der Waals surface area contributed by atoms with E-state index in [9.17, 15) is 0 Å². The van der Waals surface area contributed by atoms with Gasteiger partial charge in [0.15, 0.2) is 0 Å². The first-order chi connectivity index (χ1) is 15.5. The number of hydrogen-bond acceptors (Lipinski definition) is 4. The molecule has 32 heavy (non-hydrogen) atoms. The van der Waals surface area contributed by atoms with E-state index in [1.54, 1.807) is 6.20 Å². The van der Waals surface area contributed by atoms with Crippen molar-refractivity contribution in [2.45, 2.75) is 25.7 Å². The molecule has 6 nitrogen and oxygen atoms in total. The van der Waals surface area contributed by atoms with Crippen molar-refractivity contribution in [1.29, 1.82) is 5.26 Å². The van der Waals surface area contributed by atoms with Crippen molar-refractivity contribution in [2.24, 2.45) is 19.8 Å². The maximum Gasteiger partial charge on any atom is 0.139 e. The highest BCUT2D eigenvalue weighted by molar-refractivity contribution is 5.56. The molecule has 0 radical (unpaired) electrons. The smallest absolute Gasteiger partial charge is 0.139 e. The molecule has 2 heterocycles. The highest BCUT2D eigenvalue weighted by Crippen LogP contribution is 2.23. The zero-order valence-corrected chi connectivity index (χ0v) is 19.1. The molecule has 0 spiro atoms. The lowest BCUT2D eigenvalue weighted by Crippen LogP contribution is -2.12. The fraction of sp³-hybridized carbons (Fsp3) is 0.269. The van der Waals surface area contributed by atoms with Crippen LogP contribution in [0.2, 0.25) is 0 Å². The van der Waals surface area contributed by atoms with Crippen LogP contribution in [0.3, 0.4) is 0 Å². The second-order valence-corrected chi connectivity index (χ2v) is 7.85. The molecule has 4 rings (SSSR count). The van der Waals surface area contributed by atoms with Gasteiger partial charge < -0.3 is 14.9 Å². The monoisotopic (exact) mass is 426 g/mol. The van der Waals surface area contributed by atoms with Gasteiger partial charge in [-0.3, -0.25) is 0 Å². The van der Waals surface area contributed by atoms with E-state index in [-0.39, 0.29) is 5.92 Å². The maximum absolute atomic E-state index is 8.90. The molecule has 2 atom stereocenters. The van der Waals surface area contributed by atoms with Crippen molar-refractivity contribution in [3.63, 3.8) is 0 Å². The number of imidazole rings is 2. The molecule has 4 aromatic rings. The molecule has 2 unspecified atom stereocenters. The van der Waals surface area contributed by atoms with Crippen LogP contribution in [0.15, 0.2) is 73.1 Å². The van der Waals surface area contributed by atoms with Crippen molar-refractivity contribution < 1.29 is 0 Å². The number of nitrogens with zero attached hydrogens (tertiary/aromatic N) is 5. The zero-order valence-electron chi connectivity index (χ0n) is 19.1. The van der Waals surface area contributed by atoms with Gasteiger partial charge in [-0.15, -0.1) is 0 Å². The summed E-state index contributed by atoms with van der Waals surface area (Å²) >= 11 is 0. The number of aromatic nitrogens is 4. The third-order valence-electron chi connectivity index (χ3n) is 5.61. The molecule has 2 aromatic heterocycles. The van der Waals surface area contributed by atoms with Crippen molar-refractivity contribution >= 4 is 0 Å². The zero-order chi connectivity index (χ0) is 23.1. The molecule has 2 N–H and O–H groups in total. The Hall–Kier alpha value is -3.69. The minimum atomic E-state index is -0.130. The van der Waals surface area contributed by atoms with E-state index in [2.05, 4.69) is 39.7 Å². The van der Waals surface area contributed by atoms with Crippen LogP contribution in [0.5, 0.6) is 0 Å². The van der Waals surface area contributed by atoms with Gasteiger partial charge in [0.25, 0.3) is 0 Å². The first-order valence-corrected chi connectivity index (χ1v) is 10.7. The highest BCUT2D eigenvalue weighted by Gasteiger charge is 2.13. The van der Waals surface area contributed by atoms with Crippen LogP contribution in [-0.2, 0) is 14.1 Å². The standard InChI is InChI=1S/C13H17N3.C13H13N3/c2*1-10(8-14)12-9-15-13(16(12)2)11-6-4-3-5-7-11/h3-7,9-10H,8,14H2,1-2H3;3-7,9-10H,1-2H3. The van der Waals surface area contributed by atoms with E-state index in [1.807, 2.05) is 80.3 Å². The van der Waals surface area contributed by atoms with E-state index in [4.69, 9.17) is 11.0 Å². The summed E-state index contributed by atoms with van der Waals surface area (Å²) in [5, 5.41) is 8.90. The summed E-state index contributed by atoms with van der Waals surface area (Å²) in [5.74, 6) is 2.11. The van der Waals surface area contributed by atoms with Gasteiger partial charge in [0, 0.05) is 49.6 Å². The first kappa shape index (κ1) is 23.0. The topological polar surface area (TPSA) is 85.4 Å². The SMILES string of the molecule is CC(C#N)c1cnc(-c2ccccc2)n1C.CC(CN)c1cnc(-c2ccccc2)n1C. The van der Waals surface area contributed by atoms with Gasteiger partial charge in [0.2, 0.25) is 0 Å². The van der Waals surface area contributed by atoms with Gasteiger partial charge in [0.05, 0.1) is 23.9 Å². The Morgan fingerprint density at radius 2 is 1.25 bits per heavy atom. The summed E-state index contributed by atoms with van der Waals surface area (Å²) in [5.41, 5.74) is 10.0. The number of hydrogen-bond donors (Lipinski definition) is 1. The van der Waals surface area contributed by atoms with Crippen LogP contribution in [0, 0.1) is 11.3 Å². The number of nitrogens with two attached hydrogens (primary N) is 1. The Labute approximate surface area is 190 Å². The summed E-state index contributed by atoms with van der Waals surface area (Å²) in [6, 6.07) is 22.4. The average molecular weight is 427 g/mol. The Kier molecular flexibility index (Phi) is 7.58. The van der Waals surface area contributed by atoms with Crippen molar-refractivity contribution in [2.75, 3.05) is 6.54 Å². The molecular formula is C26H30N6. The van der Waals surface area contributed by atoms with E-state index in [0.29, 0.717) is 12.5 Å². The Bertz CT molecular complexity index is 1170. The molecule has 164 valence electrons. The number of benzene rings is 2. The van der Waals surface area contributed by atoms with Crippen molar-refractivity contribution in [1.82, 2.24) is 19.1 Å². The highest BCUT2D eigenvalue weighted by atomic mass is 15.1. The second-order valence-electron chi connectivity index (χ2n) is 7.85. The number of rotatable bonds is 5. The second kappa shape index (κ2) is 10.6. The van der Waals surface area contributed by atoms with E-state index >= 15 is 0 Å². The molecule has 0 aliphatic heterocycles. The average Bonchev–Trinajstić information content (AvgIpc) is 3.42. The molecule has 0 bridgehead atoms. The first-order valence-electron chi connectivity index (χ1n) is 10.7. The predicted molar refractivity (Wildman–Crippen MR) is 129 cm³/mol. The lowest BCUT2D eigenvalue weighted by Gasteiger charge is -2.10. The molecule has 0 fully saturated rings. The molecule has 0 aliphatic carbocycles. The molecule has 0 saturated heterocycles. The fourth-order valence-corrected chi connectivity index (χ4v) is 3.60. The van der Waals surface area contributed by atoms with Crippen molar-refractivity contribution in [3.8, 4) is 28.8 Å². The fourth-order valence-electron chi connectivity index (χ4n) is 3.60. The Morgan fingerprint density at radius 1 is 0.812 bits per heavy atom. The summed E-state index contributed by atoms with van der Waals surface area (Å²) < 4.78 is 4.09. The molecule has 0 amide bonds. The maximum atomic E-state index is 8.90. The molecule has 0 saturated carbocycles. The van der Waals surface area contributed by atoms with E-state index in [1.165, 1.54) is 5.69 Å². The minimum Gasteiger partial charge on any atom is -0.331 e. The van der Waals surface area contributed by atoms with Crippen LogP contribution < -0.4 is 5.73 Å². The lowest BCUT2D eigenvalue weighted by molar-refractivity contribution is 0.697. The van der Waals surface area contributed by atoms with E-state index < -0.39 is 0 Å². The largest absolute Gasteiger partial charge is 0.331 e. The summed E-state index contributed by atoms with van der Waals surface area (Å²) in [7, 11) is 3.98. The third kappa shape index (κ3) is 4.96. The molecule has 6 heteroatoms. The van der Waals surface area contributed by atoms with Crippen LogP contribution in [0.1, 0.15) is 37.1 Å². The van der Waals surface area contributed by atoms with Crippen molar-refractivity contribution in [3.05, 3.63) is 84.4 Å². The van der Waals surface area contributed by atoms with Crippen LogP contribution in [-0.4, -0.2) is 25.6 Å². The Morgan fingerprint density at radius 3 is 1.69 bits per heavy atom. The predicted octanol–water partition coefficient (Wildman–Crippen LogP) is 4.86. The minimum absolute atomic E-state index is 0.130. The van der Waals surface area contributed by atoms with Crippen LogP contribution >= 0.6 is 0 Å². The molecule has 2 aromatic carbocycles. The van der Waals surface area contributed by atoms with Gasteiger partial charge in [0.1, 0.15) is 11.6 Å². The normalized spacial score (nSPS) is 12.4. The molecule has 0 aliphatic rings. The third-order valence-corrected chi connectivity index (χ3v) is 5.61.